The third-order valence-corrected chi connectivity index (χ3v) is 4.12. The highest BCUT2D eigenvalue weighted by Crippen LogP contribution is 2.29. The zero-order valence-corrected chi connectivity index (χ0v) is 11.4. The molecular weight excluding hydrogens is 222 g/mol. The van der Waals surface area contributed by atoms with Crippen molar-refractivity contribution in [1.82, 2.24) is 5.32 Å². The zero-order valence-electron chi connectivity index (χ0n) is 11.4. The summed E-state index contributed by atoms with van der Waals surface area (Å²) in [5.41, 5.74) is 1.41. The Bertz CT molecular complexity index is 343. The van der Waals surface area contributed by atoms with Crippen molar-refractivity contribution in [3.8, 4) is 0 Å². The van der Waals surface area contributed by atoms with Crippen LogP contribution in [-0.2, 0) is 6.42 Å². The molecule has 18 heavy (non-hydrogen) atoms. The van der Waals surface area contributed by atoms with E-state index in [0.29, 0.717) is 6.04 Å². The van der Waals surface area contributed by atoms with Crippen LogP contribution < -0.4 is 5.32 Å². The van der Waals surface area contributed by atoms with Crippen molar-refractivity contribution in [3.63, 3.8) is 0 Å². The van der Waals surface area contributed by atoms with Crippen molar-refractivity contribution in [2.45, 2.75) is 57.0 Å². The zero-order chi connectivity index (χ0) is 12.8. The van der Waals surface area contributed by atoms with E-state index in [1.165, 1.54) is 18.4 Å². The summed E-state index contributed by atoms with van der Waals surface area (Å²) < 4.78 is 0. The van der Waals surface area contributed by atoms with Gasteiger partial charge in [0.25, 0.3) is 0 Å². The number of benzene rings is 1. The maximum Gasteiger partial charge on any atom is 0.0613 e. The molecule has 1 saturated carbocycles. The van der Waals surface area contributed by atoms with E-state index in [2.05, 4.69) is 42.6 Å². The number of rotatable bonds is 6. The van der Waals surface area contributed by atoms with Crippen LogP contribution in [-0.4, -0.2) is 23.3 Å². The highest BCUT2D eigenvalue weighted by molar-refractivity contribution is 5.14. The molecule has 1 aliphatic rings. The Kier molecular flexibility index (Phi) is 4.79. The summed E-state index contributed by atoms with van der Waals surface area (Å²) >= 11 is 0. The summed E-state index contributed by atoms with van der Waals surface area (Å²) in [5.74, 6) is 0. The van der Waals surface area contributed by atoms with Crippen LogP contribution in [0.2, 0.25) is 0 Å². The van der Waals surface area contributed by atoms with E-state index in [-0.39, 0.29) is 12.1 Å². The first-order valence-corrected chi connectivity index (χ1v) is 7.17. The van der Waals surface area contributed by atoms with Gasteiger partial charge in [0, 0.05) is 11.6 Å². The number of aryl methyl sites for hydroxylation is 1. The van der Waals surface area contributed by atoms with E-state index in [9.17, 15) is 5.11 Å². The van der Waals surface area contributed by atoms with Crippen LogP contribution in [0.1, 0.15) is 44.6 Å². The molecule has 2 N–H and O–H groups in total. The predicted octanol–water partition coefficient (Wildman–Crippen LogP) is 2.90. The molecule has 2 heteroatoms. The Labute approximate surface area is 110 Å². The standard InChI is InChI=1S/C16H25NO/c1-14(9-10-15-7-3-2-4-8-15)17-16(13-18)11-5-6-12-16/h2-4,7-8,14,17-18H,5-6,9-13H2,1H3. The van der Waals surface area contributed by atoms with Gasteiger partial charge in [0.1, 0.15) is 0 Å². The Morgan fingerprint density at radius 1 is 1.22 bits per heavy atom. The summed E-state index contributed by atoms with van der Waals surface area (Å²) in [7, 11) is 0. The third-order valence-electron chi connectivity index (χ3n) is 4.12. The van der Waals surface area contributed by atoms with E-state index >= 15 is 0 Å². The van der Waals surface area contributed by atoms with Crippen molar-refractivity contribution in [3.05, 3.63) is 35.9 Å². The maximum atomic E-state index is 9.59. The molecule has 1 fully saturated rings. The summed E-state index contributed by atoms with van der Waals surface area (Å²) in [5, 5.41) is 13.3. The molecule has 1 aromatic carbocycles. The second-order valence-corrected chi connectivity index (χ2v) is 5.72. The number of hydrogen-bond donors (Lipinski definition) is 2. The van der Waals surface area contributed by atoms with Crippen LogP contribution in [0.25, 0.3) is 0 Å². The van der Waals surface area contributed by atoms with Crippen molar-refractivity contribution >= 4 is 0 Å². The van der Waals surface area contributed by atoms with Crippen molar-refractivity contribution < 1.29 is 5.11 Å². The van der Waals surface area contributed by atoms with Crippen LogP contribution in [0.5, 0.6) is 0 Å². The third kappa shape index (κ3) is 3.56. The summed E-state index contributed by atoms with van der Waals surface area (Å²) in [4.78, 5) is 0. The minimum absolute atomic E-state index is 0.0100. The highest BCUT2D eigenvalue weighted by Gasteiger charge is 2.33. The largest absolute Gasteiger partial charge is 0.394 e. The van der Waals surface area contributed by atoms with Crippen molar-refractivity contribution in [1.29, 1.82) is 0 Å². The minimum atomic E-state index is 0.0100. The fourth-order valence-corrected chi connectivity index (χ4v) is 3.02. The molecule has 2 rings (SSSR count). The highest BCUT2D eigenvalue weighted by atomic mass is 16.3. The van der Waals surface area contributed by atoms with E-state index in [1.807, 2.05) is 0 Å². The number of nitrogens with one attached hydrogen (secondary N) is 1. The van der Waals surface area contributed by atoms with Crippen LogP contribution in [0.3, 0.4) is 0 Å². The molecule has 100 valence electrons. The van der Waals surface area contributed by atoms with Gasteiger partial charge in [-0.2, -0.15) is 0 Å². The smallest absolute Gasteiger partial charge is 0.0613 e. The van der Waals surface area contributed by atoms with Gasteiger partial charge in [-0.05, 0) is 38.2 Å². The van der Waals surface area contributed by atoms with E-state index in [4.69, 9.17) is 0 Å². The molecule has 0 heterocycles. The lowest BCUT2D eigenvalue weighted by Gasteiger charge is -2.32. The van der Waals surface area contributed by atoms with E-state index in [1.54, 1.807) is 0 Å². The first kappa shape index (κ1) is 13.6. The Balaban J connectivity index is 1.79. The van der Waals surface area contributed by atoms with Crippen LogP contribution in [0, 0.1) is 0 Å². The molecule has 0 amide bonds. The first-order valence-electron chi connectivity index (χ1n) is 7.17. The van der Waals surface area contributed by atoms with Gasteiger partial charge in [-0.15, -0.1) is 0 Å². The average molecular weight is 247 g/mol. The van der Waals surface area contributed by atoms with Gasteiger partial charge in [-0.1, -0.05) is 43.2 Å². The molecule has 0 aromatic heterocycles. The fraction of sp³-hybridized carbons (Fsp3) is 0.625. The molecule has 0 spiro atoms. The van der Waals surface area contributed by atoms with Gasteiger partial charge in [-0.3, -0.25) is 0 Å². The van der Waals surface area contributed by atoms with Gasteiger partial charge in [-0.25, -0.2) is 0 Å². The molecule has 1 aromatic rings. The molecule has 1 unspecified atom stereocenters. The lowest BCUT2D eigenvalue weighted by atomic mass is 9.96. The Morgan fingerprint density at radius 2 is 1.89 bits per heavy atom. The van der Waals surface area contributed by atoms with Gasteiger partial charge in [0.05, 0.1) is 6.61 Å². The lowest BCUT2D eigenvalue weighted by Crippen LogP contribution is -2.50. The monoisotopic (exact) mass is 247 g/mol. The van der Waals surface area contributed by atoms with Crippen molar-refractivity contribution in [2.75, 3.05) is 6.61 Å². The average Bonchev–Trinajstić information content (AvgIpc) is 2.87. The molecule has 0 aliphatic heterocycles. The van der Waals surface area contributed by atoms with Crippen LogP contribution >= 0.6 is 0 Å². The van der Waals surface area contributed by atoms with Gasteiger partial charge in [0.2, 0.25) is 0 Å². The van der Waals surface area contributed by atoms with Crippen molar-refractivity contribution in [2.24, 2.45) is 0 Å². The lowest BCUT2D eigenvalue weighted by molar-refractivity contribution is 0.151. The summed E-state index contributed by atoms with van der Waals surface area (Å²) in [6.45, 7) is 2.52. The number of aliphatic hydroxyl groups is 1. The topological polar surface area (TPSA) is 32.3 Å². The van der Waals surface area contributed by atoms with E-state index < -0.39 is 0 Å². The molecule has 1 atom stereocenters. The van der Waals surface area contributed by atoms with Crippen LogP contribution in [0.15, 0.2) is 30.3 Å². The molecule has 0 saturated heterocycles. The van der Waals surface area contributed by atoms with E-state index in [0.717, 1.165) is 25.7 Å². The number of hydrogen-bond acceptors (Lipinski definition) is 2. The molecule has 2 nitrogen and oxygen atoms in total. The SMILES string of the molecule is CC(CCc1ccccc1)NC1(CO)CCCC1. The fourth-order valence-electron chi connectivity index (χ4n) is 3.02. The minimum Gasteiger partial charge on any atom is -0.394 e. The maximum absolute atomic E-state index is 9.59. The Hall–Kier alpha value is -0.860. The van der Waals surface area contributed by atoms with Gasteiger partial charge < -0.3 is 10.4 Å². The summed E-state index contributed by atoms with van der Waals surface area (Å²) in [6, 6.07) is 11.1. The molecular formula is C16H25NO. The second-order valence-electron chi connectivity index (χ2n) is 5.72. The molecule has 0 radical (unpaired) electrons. The second kappa shape index (κ2) is 6.35. The quantitative estimate of drug-likeness (QED) is 0.810. The Morgan fingerprint density at radius 3 is 2.50 bits per heavy atom. The normalized spacial score (nSPS) is 19.9. The number of aliphatic hydroxyl groups excluding tert-OH is 1. The van der Waals surface area contributed by atoms with Gasteiger partial charge >= 0.3 is 0 Å². The van der Waals surface area contributed by atoms with Gasteiger partial charge in [0.15, 0.2) is 0 Å². The molecule has 0 bridgehead atoms. The first-order chi connectivity index (χ1) is 8.74. The molecule has 1 aliphatic carbocycles. The summed E-state index contributed by atoms with van der Waals surface area (Å²) in [6.07, 6.45) is 6.98. The van der Waals surface area contributed by atoms with Crippen LogP contribution in [0.4, 0.5) is 0 Å². The predicted molar refractivity (Wildman–Crippen MR) is 75.6 cm³/mol.